The Labute approximate surface area is 83.9 Å². The minimum atomic E-state index is -0.697. The van der Waals surface area contributed by atoms with Crippen LogP contribution in [0.3, 0.4) is 0 Å². The summed E-state index contributed by atoms with van der Waals surface area (Å²) in [6.45, 7) is 2.00. The van der Waals surface area contributed by atoms with E-state index in [1.165, 1.54) is 6.21 Å². The minimum Gasteiger partial charge on any atom is -0.350 e. The molecule has 0 unspecified atom stereocenters. The zero-order valence-electron chi connectivity index (χ0n) is 8.13. The fourth-order valence-electron chi connectivity index (χ4n) is 0.584. The molecule has 0 atom stereocenters. The molecular weight excluding hydrogens is 178 g/mol. The normalized spacial score (nSPS) is 8.36. The highest BCUT2D eigenvalue weighted by Crippen LogP contribution is 1.82. The number of hydrogen-bond donors (Lipinski definition) is 2. The smallest absolute Gasteiger partial charge is 0.332 e. The number of nitrogens with one attached hydrogen (secondary N) is 1. The van der Waals surface area contributed by atoms with Gasteiger partial charge in [0.25, 0.3) is 0 Å². The molecule has 0 fully saturated rings. The third kappa shape index (κ3) is 10.1. The molecule has 0 aliphatic heterocycles. The van der Waals surface area contributed by atoms with Gasteiger partial charge in [0.15, 0.2) is 0 Å². The molecule has 0 aromatic carbocycles. The van der Waals surface area contributed by atoms with E-state index in [-0.39, 0.29) is 0 Å². The van der Waals surface area contributed by atoms with Crippen molar-refractivity contribution in [3.05, 3.63) is 0 Å². The van der Waals surface area contributed by atoms with E-state index in [9.17, 15) is 4.79 Å². The third-order valence-corrected chi connectivity index (χ3v) is 1.08. The van der Waals surface area contributed by atoms with E-state index in [0.717, 1.165) is 12.8 Å². The number of amides is 2. The molecule has 0 heterocycles. The average Bonchev–Trinajstić information content (AvgIpc) is 2.15. The monoisotopic (exact) mass is 191 g/mol. The molecule has 0 saturated carbocycles. The number of carbonyl (C=O) groups excluding carboxylic acids is 1. The first-order valence-corrected chi connectivity index (χ1v) is 4.28. The van der Waals surface area contributed by atoms with E-state index < -0.39 is 6.03 Å². The number of urea groups is 1. The summed E-state index contributed by atoms with van der Waals surface area (Å²) < 4.78 is 0. The van der Waals surface area contributed by atoms with Crippen LogP contribution in [0.1, 0.15) is 26.2 Å². The van der Waals surface area contributed by atoms with Crippen LogP contribution in [-0.4, -0.2) is 12.2 Å². The average molecular weight is 191 g/mol. The van der Waals surface area contributed by atoms with Crippen LogP contribution in [-0.2, 0) is 0 Å². The highest BCUT2D eigenvalue weighted by atomic mass is 16.2. The number of nitrogens with zero attached hydrogens (tertiary/aromatic N) is 1. The van der Waals surface area contributed by atoms with Gasteiger partial charge in [-0.25, -0.2) is 10.2 Å². The molecule has 0 rings (SSSR count). The highest BCUT2D eigenvalue weighted by molar-refractivity contribution is 5.80. The molecule has 4 heteroatoms. The minimum absolute atomic E-state index is 0.697. The lowest BCUT2D eigenvalue weighted by Crippen LogP contribution is -2.24. The first-order valence-electron chi connectivity index (χ1n) is 4.28. The second-order valence-electron chi connectivity index (χ2n) is 2.26. The van der Waals surface area contributed by atoms with Gasteiger partial charge in [-0.1, -0.05) is 18.8 Å². The summed E-state index contributed by atoms with van der Waals surface area (Å²) in [5.41, 5.74) is 6.79. The SMILES string of the molecule is CCC#CCCC#C/C=N/NC(N)=O. The van der Waals surface area contributed by atoms with Crippen molar-refractivity contribution in [1.29, 1.82) is 0 Å². The summed E-state index contributed by atoms with van der Waals surface area (Å²) in [5, 5.41) is 3.45. The van der Waals surface area contributed by atoms with Crippen LogP contribution < -0.4 is 11.2 Å². The van der Waals surface area contributed by atoms with Crippen molar-refractivity contribution < 1.29 is 4.79 Å². The molecule has 4 nitrogen and oxygen atoms in total. The Bertz CT molecular complexity index is 312. The second-order valence-corrected chi connectivity index (χ2v) is 2.26. The molecule has 0 saturated heterocycles. The van der Waals surface area contributed by atoms with Gasteiger partial charge in [-0.05, 0) is 0 Å². The van der Waals surface area contributed by atoms with Crippen LogP contribution in [0.5, 0.6) is 0 Å². The summed E-state index contributed by atoms with van der Waals surface area (Å²) in [4.78, 5) is 10.1. The molecule has 3 N–H and O–H groups in total. The number of nitrogens with two attached hydrogens (primary N) is 1. The van der Waals surface area contributed by atoms with E-state index in [0.29, 0.717) is 6.42 Å². The number of carbonyl (C=O) groups is 1. The number of hydrazone groups is 1. The Kier molecular flexibility index (Phi) is 7.88. The summed E-state index contributed by atoms with van der Waals surface area (Å²) in [7, 11) is 0. The number of rotatable bonds is 2. The number of hydrogen-bond acceptors (Lipinski definition) is 2. The lowest BCUT2D eigenvalue weighted by Gasteiger charge is -1.85. The van der Waals surface area contributed by atoms with Crippen molar-refractivity contribution in [2.75, 3.05) is 0 Å². The van der Waals surface area contributed by atoms with Crippen LogP contribution in [0, 0.1) is 23.7 Å². The molecule has 0 aliphatic carbocycles. The van der Waals surface area contributed by atoms with Crippen molar-refractivity contribution in [1.82, 2.24) is 5.43 Å². The molecule has 74 valence electrons. The van der Waals surface area contributed by atoms with E-state index in [4.69, 9.17) is 5.73 Å². The summed E-state index contributed by atoms with van der Waals surface area (Å²) in [5.74, 6) is 11.4. The van der Waals surface area contributed by atoms with E-state index in [1.807, 2.05) is 12.3 Å². The van der Waals surface area contributed by atoms with Gasteiger partial charge in [-0.3, -0.25) is 0 Å². The molecular formula is C10H13N3O. The molecule has 0 spiro atoms. The molecule has 2 amide bonds. The largest absolute Gasteiger partial charge is 0.350 e. The lowest BCUT2D eigenvalue weighted by atomic mass is 10.3. The second kappa shape index (κ2) is 9.15. The maximum Gasteiger partial charge on any atom is 0.332 e. The van der Waals surface area contributed by atoms with Gasteiger partial charge >= 0.3 is 6.03 Å². The molecule has 0 aromatic rings. The van der Waals surface area contributed by atoms with E-state index >= 15 is 0 Å². The van der Waals surface area contributed by atoms with Gasteiger partial charge in [0.1, 0.15) is 0 Å². The summed E-state index contributed by atoms with van der Waals surface area (Å²) in [6.07, 6.45) is 3.63. The predicted molar refractivity (Wildman–Crippen MR) is 56.3 cm³/mol. The summed E-state index contributed by atoms with van der Waals surface area (Å²) >= 11 is 0. The van der Waals surface area contributed by atoms with Crippen LogP contribution >= 0.6 is 0 Å². The quantitative estimate of drug-likeness (QED) is 0.289. The van der Waals surface area contributed by atoms with Gasteiger partial charge in [-0.15, -0.1) is 11.8 Å². The maximum atomic E-state index is 10.1. The fourth-order valence-corrected chi connectivity index (χ4v) is 0.584. The zero-order chi connectivity index (χ0) is 10.6. The lowest BCUT2D eigenvalue weighted by molar-refractivity contribution is 0.249. The number of unbranched alkanes of at least 4 members (excludes halogenated alkanes) is 1. The van der Waals surface area contributed by atoms with Crippen LogP contribution in [0.15, 0.2) is 5.10 Å². The molecule has 0 aromatic heterocycles. The van der Waals surface area contributed by atoms with Gasteiger partial charge in [0.2, 0.25) is 0 Å². The van der Waals surface area contributed by atoms with Crippen molar-refractivity contribution in [3.8, 4) is 23.7 Å². The van der Waals surface area contributed by atoms with Gasteiger partial charge < -0.3 is 5.73 Å². The van der Waals surface area contributed by atoms with Gasteiger partial charge in [0.05, 0.1) is 6.21 Å². The molecule has 0 radical (unpaired) electrons. The topological polar surface area (TPSA) is 67.5 Å². The first kappa shape index (κ1) is 12.1. The predicted octanol–water partition coefficient (Wildman–Crippen LogP) is 0.838. The Morgan fingerprint density at radius 1 is 1.43 bits per heavy atom. The Morgan fingerprint density at radius 3 is 2.79 bits per heavy atom. The van der Waals surface area contributed by atoms with Crippen LogP contribution in [0.2, 0.25) is 0 Å². The van der Waals surface area contributed by atoms with E-state index in [2.05, 4.69) is 28.8 Å². The maximum absolute atomic E-state index is 10.1. The third-order valence-electron chi connectivity index (χ3n) is 1.08. The van der Waals surface area contributed by atoms with Crippen LogP contribution in [0.25, 0.3) is 0 Å². The Hall–Kier alpha value is -1.94. The zero-order valence-corrected chi connectivity index (χ0v) is 8.13. The standard InChI is InChI=1S/C10H13N3O/c1-2-3-4-5-6-7-8-9-12-13-10(11)14/h9H,2,5-6H2,1H3,(H3,11,13,14)/b12-9+. The van der Waals surface area contributed by atoms with E-state index in [1.54, 1.807) is 0 Å². The molecule has 0 bridgehead atoms. The molecule has 14 heavy (non-hydrogen) atoms. The highest BCUT2D eigenvalue weighted by Gasteiger charge is 1.80. The number of primary amides is 1. The first-order chi connectivity index (χ1) is 6.77. The van der Waals surface area contributed by atoms with Crippen molar-refractivity contribution in [2.24, 2.45) is 10.8 Å². The van der Waals surface area contributed by atoms with Crippen molar-refractivity contribution in [2.45, 2.75) is 26.2 Å². The van der Waals surface area contributed by atoms with Gasteiger partial charge in [-0.2, -0.15) is 5.10 Å². The van der Waals surface area contributed by atoms with Crippen molar-refractivity contribution in [3.63, 3.8) is 0 Å². The molecule has 0 aliphatic rings. The summed E-state index contributed by atoms with van der Waals surface area (Å²) in [6, 6.07) is -0.697. The Balaban J connectivity index is 3.53. The van der Waals surface area contributed by atoms with Crippen LogP contribution in [0.4, 0.5) is 4.79 Å². The Morgan fingerprint density at radius 2 is 2.14 bits per heavy atom. The fraction of sp³-hybridized carbons (Fsp3) is 0.400. The van der Waals surface area contributed by atoms with Crippen molar-refractivity contribution >= 4 is 12.2 Å². The van der Waals surface area contributed by atoms with Gasteiger partial charge in [0, 0.05) is 19.3 Å².